The number of nitrogens with two attached hydrogens (primary N) is 1. The Morgan fingerprint density at radius 3 is 2.55 bits per heavy atom. The zero-order chi connectivity index (χ0) is 29.0. The Morgan fingerprint density at radius 1 is 1.20 bits per heavy atom. The van der Waals surface area contributed by atoms with Crippen molar-refractivity contribution in [3.05, 3.63) is 70.2 Å². The molecule has 0 spiro atoms. The topological polar surface area (TPSA) is 150 Å². The number of carbonyl (C=O) groups is 2. The van der Waals surface area contributed by atoms with Crippen molar-refractivity contribution in [1.29, 1.82) is 0 Å². The van der Waals surface area contributed by atoms with Gasteiger partial charge in [0.25, 0.3) is 5.91 Å². The minimum atomic E-state index is -0.859. The third-order valence-electron chi connectivity index (χ3n) is 5.82. The standard InChI is InChI=1S/C27H31FN8O3S/c1-15(11-22(37)39-27(3,4)5)23(21-7-6-10-40-21)34-26-19(28)13-18(24(29)38)25(35-26)33-17-12-20(16(2)30-14-17)36-31-8-9-32-36/h6-10,12-15,23H,11H2,1-5H3,(H2,29,38)(H2,33,34,35)/t15-,23+/m1/s1. The molecule has 0 unspecified atom stereocenters. The highest BCUT2D eigenvalue weighted by Gasteiger charge is 2.28. The summed E-state index contributed by atoms with van der Waals surface area (Å²) in [4.78, 5) is 35.8. The lowest BCUT2D eigenvalue weighted by atomic mass is 9.96. The van der Waals surface area contributed by atoms with Crippen LogP contribution in [0.3, 0.4) is 0 Å². The van der Waals surface area contributed by atoms with Gasteiger partial charge in [0, 0.05) is 4.88 Å². The Morgan fingerprint density at radius 2 is 1.93 bits per heavy atom. The lowest BCUT2D eigenvalue weighted by molar-refractivity contribution is -0.155. The van der Waals surface area contributed by atoms with E-state index in [1.807, 2.05) is 24.4 Å². The predicted molar refractivity (Wildman–Crippen MR) is 150 cm³/mol. The predicted octanol–water partition coefficient (Wildman–Crippen LogP) is 4.93. The fourth-order valence-corrected chi connectivity index (χ4v) is 4.92. The number of esters is 1. The smallest absolute Gasteiger partial charge is 0.306 e. The molecule has 210 valence electrons. The monoisotopic (exact) mass is 566 g/mol. The van der Waals surface area contributed by atoms with E-state index in [0.717, 1.165) is 10.9 Å². The number of pyridine rings is 2. The van der Waals surface area contributed by atoms with Gasteiger partial charge < -0.3 is 21.1 Å². The van der Waals surface area contributed by atoms with Crippen molar-refractivity contribution >= 4 is 40.5 Å². The molecule has 0 aliphatic heterocycles. The van der Waals surface area contributed by atoms with Crippen LogP contribution in [-0.2, 0) is 9.53 Å². The van der Waals surface area contributed by atoms with Crippen molar-refractivity contribution in [1.82, 2.24) is 25.0 Å². The van der Waals surface area contributed by atoms with Gasteiger partial charge in [0.1, 0.15) is 17.1 Å². The van der Waals surface area contributed by atoms with E-state index >= 15 is 4.39 Å². The number of ether oxygens (including phenoxy) is 1. The first-order valence-electron chi connectivity index (χ1n) is 12.5. The number of halogens is 1. The lowest BCUT2D eigenvalue weighted by Gasteiger charge is -2.27. The molecule has 4 rings (SSSR count). The first kappa shape index (κ1) is 28.6. The molecule has 13 heteroatoms. The molecule has 0 aromatic carbocycles. The largest absolute Gasteiger partial charge is 0.460 e. The number of primary amides is 1. The summed E-state index contributed by atoms with van der Waals surface area (Å²) in [6, 6.07) is 6.05. The molecular weight excluding hydrogens is 535 g/mol. The van der Waals surface area contributed by atoms with Crippen LogP contribution in [0.25, 0.3) is 5.69 Å². The van der Waals surface area contributed by atoms with E-state index in [0.29, 0.717) is 17.1 Å². The zero-order valence-electron chi connectivity index (χ0n) is 22.8. The summed E-state index contributed by atoms with van der Waals surface area (Å²) in [5, 5.41) is 16.3. The first-order chi connectivity index (χ1) is 18.9. The SMILES string of the molecule is Cc1ncc(Nc2nc(N[C@H](c3cccs3)[C@H](C)CC(=O)OC(C)(C)C)c(F)cc2C(N)=O)cc1-n1nccn1. The average molecular weight is 567 g/mol. The second-order valence-corrected chi connectivity index (χ2v) is 11.2. The Bertz CT molecular complexity index is 1490. The van der Waals surface area contributed by atoms with Gasteiger partial charge in [0.2, 0.25) is 0 Å². The normalized spacial score (nSPS) is 12.9. The number of hydrogen-bond donors (Lipinski definition) is 3. The van der Waals surface area contributed by atoms with Crippen LogP contribution in [0.2, 0.25) is 0 Å². The lowest BCUT2D eigenvalue weighted by Crippen LogP contribution is -2.28. The van der Waals surface area contributed by atoms with Crippen molar-refractivity contribution < 1.29 is 18.7 Å². The highest BCUT2D eigenvalue weighted by molar-refractivity contribution is 7.10. The fourth-order valence-electron chi connectivity index (χ4n) is 4.02. The van der Waals surface area contributed by atoms with Crippen LogP contribution in [0.4, 0.5) is 21.7 Å². The van der Waals surface area contributed by atoms with Crippen molar-refractivity contribution in [2.45, 2.75) is 52.7 Å². The maximum absolute atomic E-state index is 15.3. The minimum absolute atomic E-state index is 0.0335. The van der Waals surface area contributed by atoms with Crippen molar-refractivity contribution in [3.63, 3.8) is 0 Å². The number of thiophene rings is 1. The van der Waals surface area contributed by atoms with Crippen LogP contribution in [-0.4, -0.2) is 42.4 Å². The van der Waals surface area contributed by atoms with Crippen LogP contribution in [0.15, 0.2) is 48.2 Å². The summed E-state index contributed by atoms with van der Waals surface area (Å²) in [7, 11) is 0. The molecule has 0 saturated heterocycles. The maximum Gasteiger partial charge on any atom is 0.306 e. The minimum Gasteiger partial charge on any atom is -0.460 e. The molecule has 1 amide bonds. The number of amides is 1. The van der Waals surface area contributed by atoms with E-state index in [-0.39, 0.29) is 35.5 Å². The molecule has 11 nitrogen and oxygen atoms in total. The van der Waals surface area contributed by atoms with Crippen LogP contribution >= 0.6 is 11.3 Å². The maximum atomic E-state index is 15.3. The molecule has 4 heterocycles. The summed E-state index contributed by atoms with van der Waals surface area (Å²) in [5.41, 5.74) is 6.52. The van der Waals surface area contributed by atoms with Crippen LogP contribution in [0.1, 0.15) is 61.1 Å². The van der Waals surface area contributed by atoms with Crippen LogP contribution < -0.4 is 16.4 Å². The molecule has 40 heavy (non-hydrogen) atoms. The number of aryl methyl sites for hydroxylation is 1. The Balaban J connectivity index is 1.66. The van der Waals surface area contributed by atoms with E-state index in [1.54, 1.807) is 40.0 Å². The summed E-state index contributed by atoms with van der Waals surface area (Å²) >= 11 is 1.46. The van der Waals surface area contributed by atoms with Crippen LogP contribution in [0.5, 0.6) is 0 Å². The van der Waals surface area contributed by atoms with Gasteiger partial charge in [-0.3, -0.25) is 14.6 Å². The highest BCUT2D eigenvalue weighted by atomic mass is 32.1. The molecule has 0 aliphatic rings. The molecule has 4 aromatic heterocycles. The van der Waals surface area contributed by atoms with Crippen LogP contribution in [0, 0.1) is 18.7 Å². The molecule has 2 atom stereocenters. The van der Waals surface area contributed by atoms with Gasteiger partial charge in [0.05, 0.1) is 48.0 Å². The second-order valence-electron chi connectivity index (χ2n) is 10.3. The average Bonchev–Trinajstić information content (AvgIpc) is 3.58. The molecule has 4 N–H and O–H groups in total. The second kappa shape index (κ2) is 11.8. The highest BCUT2D eigenvalue weighted by Crippen LogP contribution is 2.34. The van der Waals surface area contributed by atoms with Gasteiger partial charge in [-0.2, -0.15) is 10.2 Å². The number of hydrogen-bond acceptors (Lipinski definition) is 10. The fraction of sp³-hybridized carbons (Fsp3) is 0.333. The molecule has 0 bridgehead atoms. The quantitative estimate of drug-likeness (QED) is 0.227. The number of aromatic nitrogens is 5. The van der Waals surface area contributed by atoms with Gasteiger partial charge in [-0.25, -0.2) is 9.37 Å². The zero-order valence-corrected chi connectivity index (χ0v) is 23.6. The molecule has 0 aliphatic carbocycles. The van der Waals surface area contributed by atoms with E-state index in [1.165, 1.54) is 28.5 Å². The first-order valence-corrected chi connectivity index (χ1v) is 13.4. The molecular formula is C27H31FN8O3S. The number of carbonyl (C=O) groups excluding carboxylic acids is 2. The van der Waals surface area contributed by atoms with Gasteiger partial charge in [-0.05, 0) is 57.2 Å². The van der Waals surface area contributed by atoms with Crippen molar-refractivity contribution in [2.24, 2.45) is 11.7 Å². The summed E-state index contributed by atoms with van der Waals surface area (Å²) < 4.78 is 20.8. The number of anilines is 3. The van der Waals surface area contributed by atoms with E-state index in [4.69, 9.17) is 10.5 Å². The molecule has 0 saturated carbocycles. The molecule has 0 fully saturated rings. The van der Waals surface area contributed by atoms with Crippen molar-refractivity contribution in [2.75, 3.05) is 10.6 Å². The van der Waals surface area contributed by atoms with Gasteiger partial charge in [0.15, 0.2) is 11.6 Å². The third kappa shape index (κ3) is 6.97. The summed E-state index contributed by atoms with van der Waals surface area (Å²) in [6.45, 7) is 9.09. The number of nitrogens with one attached hydrogen (secondary N) is 2. The van der Waals surface area contributed by atoms with Crippen molar-refractivity contribution in [3.8, 4) is 5.69 Å². The Kier molecular flexibility index (Phi) is 8.43. The third-order valence-corrected chi connectivity index (χ3v) is 6.77. The summed E-state index contributed by atoms with van der Waals surface area (Å²) in [6.07, 6.45) is 4.72. The summed E-state index contributed by atoms with van der Waals surface area (Å²) in [5.74, 6) is -2.36. The Hall–Kier alpha value is -4.39. The number of rotatable bonds is 10. The van der Waals surface area contributed by atoms with Gasteiger partial charge >= 0.3 is 5.97 Å². The van der Waals surface area contributed by atoms with E-state index < -0.39 is 23.4 Å². The Labute approximate surface area is 235 Å². The molecule has 0 radical (unpaired) electrons. The van der Waals surface area contributed by atoms with Gasteiger partial charge in [-0.15, -0.1) is 16.1 Å². The van der Waals surface area contributed by atoms with E-state index in [9.17, 15) is 9.59 Å². The van der Waals surface area contributed by atoms with E-state index in [2.05, 4.69) is 30.8 Å². The van der Waals surface area contributed by atoms with Gasteiger partial charge in [-0.1, -0.05) is 13.0 Å². The number of nitrogens with zero attached hydrogens (tertiary/aromatic N) is 5. The molecule has 4 aromatic rings.